The van der Waals surface area contributed by atoms with E-state index in [2.05, 4.69) is 0 Å². The zero-order chi connectivity index (χ0) is 5.86. The molecule has 3 nitrogen and oxygen atoms in total. The third-order valence-electron chi connectivity index (χ3n) is 0.714. The zero-order valence-electron chi connectivity index (χ0n) is 5.52. The van der Waals surface area contributed by atoms with Gasteiger partial charge in [-0.15, -0.1) is 0 Å². The fourth-order valence-electron chi connectivity index (χ4n) is 0.249. The van der Waals surface area contributed by atoms with Crippen LogP contribution in [0.3, 0.4) is 0 Å². The Morgan fingerprint density at radius 3 is 1.67 bits per heavy atom. The van der Waals surface area contributed by atoms with Crippen molar-refractivity contribution >= 4 is 11.6 Å². The third kappa shape index (κ3) is 8.68. The molecule has 0 aliphatic rings. The summed E-state index contributed by atoms with van der Waals surface area (Å²) < 4.78 is 0. The Balaban J connectivity index is -0.000000180. The molecule has 0 aromatic rings. The van der Waals surface area contributed by atoms with Crippen molar-refractivity contribution in [3.05, 3.63) is 0 Å². The number of ketones is 2. The Hall–Kier alpha value is 0.677. The van der Waals surface area contributed by atoms with Crippen molar-refractivity contribution in [2.75, 3.05) is 0 Å². The first kappa shape index (κ1) is 16.3. The van der Waals surface area contributed by atoms with Crippen LogP contribution in [0.1, 0.15) is 20.3 Å². The Kier molecular flexibility index (Phi) is 15.8. The molecular formula is C5H10CeO3. The van der Waals surface area contributed by atoms with Crippen molar-refractivity contribution in [1.82, 2.24) is 0 Å². The van der Waals surface area contributed by atoms with Crippen LogP contribution in [-0.4, -0.2) is 17.0 Å². The van der Waals surface area contributed by atoms with Crippen LogP contribution in [-0.2, 0) is 9.59 Å². The van der Waals surface area contributed by atoms with Crippen LogP contribution >= 0.6 is 0 Å². The minimum absolute atomic E-state index is 0. The summed E-state index contributed by atoms with van der Waals surface area (Å²) in [6.45, 7) is 2.95. The maximum absolute atomic E-state index is 10.2. The van der Waals surface area contributed by atoms with Crippen LogP contribution < -0.4 is 0 Å². The zero-order valence-corrected chi connectivity index (χ0v) is 8.66. The van der Waals surface area contributed by atoms with Crippen LogP contribution in [0.5, 0.6) is 0 Å². The Bertz CT molecular complexity index is 100. The summed E-state index contributed by atoms with van der Waals surface area (Å²) in [5, 5.41) is 0. The van der Waals surface area contributed by atoms with E-state index in [0.29, 0.717) is 6.42 Å². The smallest absolute Gasteiger partial charge is 0.197 e. The quantitative estimate of drug-likeness (QED) is 0.640. The monoisotopic (exact) mass is 258 g/mol. The van der Waals surface area contributed by atoms with Crippen molar-refractivity contribution in [3.8, 4) is 0 Å². The number of carbonyl (C=O) groups is 2. The van der Waals surface area contributed by atoms with E-state index in [0.717, 1.165) is 0 Å². The SMILES string of the molecule is CCC(=O)C(C)=O.O.[Ce]. The molecule has 0 saturated carbocycles. The predicted molar refractivity (Wildman–Crippen MR) is 29.6 cm³/mol. The minimum atomic E-state index is -0.345. The molecular weight excluding hydrogens is 248 g/mol. The maximum Gasteiger partial charge on any atom is 0.197 e. The molecule has 0 aliphatic carbocycles. The Morgan fingerprint density at radius 2 is 1.67 bits per heavy atom. The first-order chi connectivity index (χ1) is 3.18. The molecule has 0 amide bonds. The van der Waals surface area contributed by atoms with Gasteiger partial charge in [0, 0.05) is 55.1 Å². The topological polar surface area (TPSA) is 65.6 Å². The van der Waals surface area contributed by atoms with E-state index < -0.39 is 0 Å². The van der Waals surface area contributed by atoms with Gasteiger partial charge in [-0.3, -0.25) is 9.59 Å². The summed E-state index contributed by atoms with van der Waals surface area (Å²) in [7, 11) is 0. The molecule has 0 aromatic carbocycles. The molecule has 0 atom stereocenters. The number of hydrogen-bond acceptors (Lipinski definition) is 2. The summed E-state index contributed by atoms with van der Waals surface area (Å²) in [6, 6.07) is 0. The second kappa shape index (κ2) is 8.68. The average molecular weight is 258 g/mol. The molecule has 0 heterocycles. The number of rotatable bonds is 2. The van der Waals surface area contributed by atoms with E-state index in [1.165, 1.54) is 6.92 Å². The summed E-state index contributed by atoms with van der Waals surface area (Å²) in [5.74, 6) is -0.637. The molecule has 52 valence electrons. The molecule has 0 unspecified atom stereocenters. The fourth-order valence-corrected chi connectivity index (χ4v) is 0.249. The van der Waals surface area contributed by atoms with Crippen molar-refractivity contribution < 1.29 is 56.8 Å². The van der Waals surface area contributed by atoms with E-state index in [1.807, 2.05) is 0 Å². The minimum Gasteiger partial charge on any atom is -0.412 e. The van der Waals surface area contributed by atoms with Gasteiger partial charge in [0.15, 0.2) is 11.6 Å². The molecule has 2 N–H and O–H groups in total. The van der Waals surface area contributed by atoms with E-state index >= 15 is 0 Å². The molecule has 0 aromatic heterocycles. The van der Waals surface area contributed by atoms with Gasteiger partial charge in [-0.25, -0.2) is 0 Å². The summed E-state index contributed by atoms with van der Waals surface area (Å²) >= 11 is 0. The fraction of sp³-hybridized carbons (Fsp3) is 0.600. The van der Waals surface area contributed by atoms with Crippen LogP contribution in [0.2, 0.25) is 0 Å². The normalized spacial score (nSPS) is 6.44. The van der Waals surface area contributed by atoms with Crippen molar-refractivity contribution in [1.29, 1.82) is 0 Å². The maximum atomic E-state index is 10.2. The first-order valence-electron chi connectivity index (χ1n) is 2.22. The molecule has 0 spiro atoms. The molecule has 0 radical (unpaired) electrons. The Morgan fingerprint density at radius 1 is 1.33 bits per heavy atom. The molecule has 0 aliphatic heterocycles. The molecule has 4 heteroatoms. The van der Waals surface area contributed by atoms with Crippen molar-refractivity contribution in [2.24, 2.45) is 0 Å². The molecule has 0 saturated heterocycles. The van der Waals surface area contributed by atoms with Gasteiger partial charge in [-0.2, -0.15) is 0 Å². The molecule has 0 fully saturated rings. The van der Waals surface area contributed by atoms with Gasteiger partial charge in [0.2, 0.25) is 0 Å². The standard InChI is InChI=1S/C5H8O2.Ce.H2O/c1-3-5(7)4(2)6;;/h3H2,1-2H3;;1H2. The Labute approximate surface area is 87.9 Å². The van der Waals surface area contributed by atoms with Gasteiger partial charge in [0.1, 0.15) is 0 Å². The van der Waals surface area contributed by atoms with Crippen LogP contribution in [0.15, 0.2) is 0 Å². The second-order valence-corrected chi connectivity index (χ2v) is 1.33. The predicted octanol–water partition coefficient (Wildman–Crippen LogP) is -0.270. The number of carbonyl (C=O) groups excluding carboxylic acids is 2. The largest absolute Gasteiger partial charge is 0.412 e. The molecule has 9 heavy (non-hydrogen) atoms. The van der Waals surface area contributed by atoms with Gasteiger partial charge >= 0.3 is 0 Å². The van der Waals surface area contributed by atoms with Crippen LogP contribution in [0, 0.1) is 41.7 Å². The molecule has 0 rings (SSSR count). The van der Waals surface area contributed by atoms with Gasteiger partial charge in [-0.05, 0) is 0 Å². The van der Waals surface area contributed by atoms with E-state index in [1.54, 1.807) is 6.92 Å². The van der Waals surface area contributed by atoms with Gasteiger partial charge in [0.25, 0.3) is 0 Å². The van der Waals surface area contributed by atoms with Crippen molar-refractivity contribution in [2.45, 2.75) is 20.3 Å². The van der Waals surface area contributed by atoms with E-state index in [-0.39, 0.29) is 58.8 Å². The van der Waals surface area contributed by atoms with Gasteiger partial charge in [0.05, 0.1) is 0 Å². The van der Waals surface area contributed by atoms with Crippen LogP contribution in [0.25, 0.3) is 0 Å². The average Bonchev–Trinajstić information content (AvgIpc) is 1.65. The number of Topliss-reactive ketones (excluding diaryl/α,β-unsaturated/α-hetero) is 2. The summed E-state index contributed by atoms with van der Waals surface area (Å²) in [5.41, 5.74) is 0. The first-order valence-corrected chi connectivity index (χ1v) is 2.22. The van der Waals surface area contributed by atoms with Gasteiger partial charge < -0.3 is 5.48 Å². The molecule has 0 bridgehead atoms. The third-order valence-corrected chi connectivity index (χ3v) is 0.714. The number of hydrogen-bond donors (Lipinski definition) is 0. The van der Waals surface area contributed by atoms with Crippen molar-refractivity contribution in [3.63, 3.8) is 0 Å². The van der Waals surface area contributed by atoms with Crippen LogP contribution in [0.4, 0.5) is 0 Å². The summed E-state index contributed by atoms with van der Waals surface area (Å²) in [6.07, 6.45) is 0.329. The van der Waals surface area contributed by atoms with E-state index in [9.17, 15) is 9.59 Å². The second-order valence-electron chi connectivity index (χ2n) is 1.33. The van der Waals surface area contributed by atoms with E-state index in [4.69, 9.17) is 0 Å². The summed E-state index contributed by atoms with van der Waals surface area (Å²) in [4.78, 5) is 20.2. The van der Waals surface area contributed by atoms with Gasteiger partial charge in [-0.1, -0.05) is 6.92 Å².